The number of aryl methyl sites for hydroxylation is 2. The molecule has 1 unspecified atom stereocenters. The zero-order valence-electron chi connectivity index (χ0n) is 11.7. The van der Waals surface area contributed by atoms with E-state index in [2.05, 4.69) is 5.10 Å². The van der Waals surface area contributed by atoms with Gasteiger partial charge >= 0.3 is 5.97 Å². The molecule has 7 heteroatoms. The monoisotopic (exact) mass is 288 g/mol. The van der Waals surface area contributed by atoms with E-state index in [-0.39, 0.29) is 13.0 Å². The molecule has 19 heavy (non-hydrogen) atoms. The lowest BCUT2D eigenvalue weighted by Crippen LogP contribution is -2.45. The second-order valence-corrected chi connectivity index (χ2v) is 7.20. The van der Waals surface area contributed by atoms with Crippen LogP contribution >= 0.6 is 0 Å². The van der Waals surface area contributed by atoms with E-state index in [1.807, 2.05) is 6.92 Å². The van der Waals surface area contributed by atoms with E-state index < -0.39 is 20.6 Å². The molecule has 0 radical (unpaired) electrons. The normalized spacial score (nSPS) is 14.9. The van der Waals surface area contributed by atoms with E-state index in [1.54, 1.807) is 24.0 Å². The van der Waals surface area contributed by atoms with Gasteiger partial charge in [-0.2, -0.15) is 5.10 Å². The van der Waals surface area contributed by atoms with Crippen molar-refractivity contribution in [2.45, 2.75) is 38.5 Å². The van der Waals surface area contributed by atoms with Crippen LogP contribution in [0.25, 0.3) is 0 Å². The van der Waals surface area contributed by atoms with Crippen LogP contribution in [0, 0.1) is 6.92 Å². The van der Waals surface area contributed by atoms with Crippen LogP contribution in [0.3, 0.4) is 0 Å². The predicted octanol–water partition coefficient (Wildman–Crippen LogP) is 0.948. The molecule has 1 heterocycles. The van der Waals surface area contributed by atoms with Gasteiger partial charge < -0.3 is 4.74 Å². The van der Waals surface area contributed by atoms with Crippen molar-refractivity contribution < 1.29 is 17.9 Å². The molecule has 0 N–H and O–H groups in total. The Kier molecular flexibility index (Phi) is 4.73. The summed E-state index contributed by atoms with van der Waals surface area (Å²) in [6, 6.07) is 0. The van der Waals surface area contributed by atoms with Gasteiger partial charge in [-0.05, 0) is 32.8 Å². The lowest BCUT2D eigenvalue weighted by atomic mass is 10.1. The number of nitrogens with zero attached hydrogens (tertiary/aromatic N) is 2. The van der Waals surface area contributed by atoms with Gasteiger partial charge in [0.1, 0.15) is 0 Å². The number of carbonyl (C=O) groups excluding carboxylic acids is 1. The first-order chi connectivity index (χ1) is 8.70. The summed E-state index contributed by atoms with van der Waals surface area (Å²) in [6.07, 6.45) is 4.67. The molecule has 0 aromatic carbocycles. The van der Waals surface area contributed by atoms with Gasteiger partial charge in [0, 0.05) is 19.0 Å². The number of esters is 1. The summed E-state index contributed by atoms with van der Waals surface area (Å²) in [4.78, 5) is 11.9. The molecule has 0 saturated heterocycles. The third-order valence-electron chi connectivity index (χ3n) is 3.11. The summed E-state index contributed by atoms with van der Waals surface area (Å²) in [5, 5.41) is 4.08. The minimum atomic E-state index is -3.56. The number of hydrogen-bond donors (Lipinski definition) is 0. The largest absolute Gasteiger partial charge is 0.465 e. The molecule has 6 nitrogen and oxygen atoms in total. The van der Waals surface area contributed by atoms with Crippen molar-refractivity contribution in [1.29, 1.82) is 0 Å². The summed E-state index contributed by atoms with van der Waals surface area (Å²) >= 11 is 0. The molecule has 1 aromatic rings. The fraction of sp³-hybridized carbons (Fsp3) is 0.667. The lowest BCUT2D eigenvalue weighted by Gasteiger charge is -2.25. The van der Waals surface area contributed by atoms with Crippen molar-refractivity contribution >= 4 is 15.8 Å². The van der Waals surface area contributed by atoms with Crippen LogP contribution in [0.5, 0.6) is 0 Å². The highest BCUT2D eigenvalue weighted by Gasteiger charge is 2.44. The standard InChI is InChI=1S/C12H20N2O4S/c1-5-18-11(15)12(3,19(4,16)17)6-7-14-9-10(2)8-13-14/h8-9H,5-7H2,1-4H3. The van der Waals surface area contributed by atoms with E-state index in [1.165, 1.54) is 6.92 Å². The Balaban J connectivity index is 2.90. The van der Waals surface area contributed by atoms with Gasteiger partial charge in [0.25, 0.3) is 0 Å². The van der Waals surface area contributed by atoms with Crippen LogP contribution in [0.4, 0.5) is 0 Å². The fourth-order valence-electron chi connectivity index (χ4n) is 1.64. The van der Waals surface area contributed by atoms with Crippen molar-refractivity contribution in [3.8, 4) is 0 Å². The van der Waals surface area contributed by atoms with Crippen LogP contribution in [0.1, 0.15) is 25.8 Å². The molecular formula is C12H20N2O4S. The second kappa shape index (κ2) is 5.73. The molecule has 108 valence electrons. The average Bonchev–Trinajstić information content (AvgIpc) is 2.70. The Labute approximate surface area is 113 Å². The summed E-state index contributed by atoms with van der Waals surface area (Å²) in [6.45, 7) is 5.44. The molecule has 0 fully saturated rings. The SMILES string of the molecule is CCOC(=O)C(C)(CCn1cc(C)cn1)S(C)(=O)=O. The summed E-state index contributed by atoms with van der Waals surface area (Å²) in [5.74, 6) is -0.707. The Morgan fingerprint density at radius 2 is 2.16 bits per heavy atom. The first-order valence-electron chi connectivity index (χ1n) is 6.06. The zero-order chi connectivity index (χ0) is 14.7. The number of carbonyl (C=O) groups is 1. The topological polar surface area (TPSA) is 78.3 Å². The average molecular weight is 288 g/mol. The number of ether oxygens (including phenoxy) is 1. The van der Waals surface area contributed by atoms with Crippen LogP contribution < -0.4 is 0 Å². The molecule has 1 rings (SSSR count). The van der Waals surface area contributed by atoms with Crippen LogP contribution in [-0.4, -0.2) is 41.8 Å². The van der Waals surface area contributed by atoms with Crippen molar-refractivity contribution in [2.75, 3.05) is 12.9 Å². The maximum atomic E-state index is 11.9. The van der Waals surface area contributed by atoms with E-state index >= 15 is 0 Å². The number of aromatic nitrogens is 2. The van der Waals surface area contributed by atoms with Crippen LogP contribution in [-0.2, 0) is 25.9 Å². The van der Waals surface area contributed by atoms with E-state index in [4.69, 9.17) is 4.74 Å². The van der Waals surface area contributed by atoms with Gasteiger partial charge in [-0.3, -0.25) is 9.48 Å². The Bertz CT molecular complexity index is 550. The van der Waals surface area contributed by atoms with Crippen molar-refractivity contribution in [3.05, 3.63) is 18.0 Å². The fourth-order valence-corrected chi connectivity index (χ4v) is 2.46. The molecule has 1 aromatic heterocycles. The highest BCUT2D eigenvalue weighted by atomic mass is 32.2. The third kappa shape index (κ3) is 3.56. The lowest BCUT2D eigenvalue weighted by molar-refractivity contribution is -0.146. The van der Waals surface area contributed by atoms with Gasteiger partial charge in [0.05, 0.1) is 12.8 Å². The number of sulfone groups is 1. The predicted molar refractivity (Wildman–Crippen MR) is 71.5 cm³/mol. The highest BCUT2D eigenvalue weighted by Crippen LogP contribution is 2.23. The molecule has 0 aliphatic carbocycles. The van der Waals surface area contributed by atoms with Crippen molar-refractivity contribution in [1.82, 2.24) is 9.78 Å². The van der Waals surface area contributed by atoms with Gasteiger partial charge in [0.2, 0.25) is 0 Å². The molecule has 0 bridgehead atoms. The van der Waals surface area contributed by atoms with Crippen molar-refractivity contribution in [2.24, 2.45) is 0 Å². The Morgan fingerprint density at radius 3 is 2.58 bits per heavy atom. The summed E-state index contributed by atoms with van der Waals surface area (Å²) < 4.78 is 28.7. The maximum absolute atomic E-state index is 11.9. The van der Waals surface area contributed by atoms with Crippen LogP contribution in [0.2, 0.25) is 0 Å². The van der Waals surface area contributed by atoms with E-state index in [0.717, 1.165) is 11.8 Å². The number of rotatable bonds is 6. The first-order valence-corrected chi connectivity index (χ1v) is 7.95. The van der Waals surface area contributed by atoms with Gasteiger partial charge in [-0.1, -0.05) is 0 Å². The quantitative estimate of drug-likeness (QED) is 0.728. The third-order valence-corrected chi connectivity index (χ3v) is 5.11. The van der Waals surface area contributed by atoms with Crippen LogP contribution in [0.15, 0.2) is 12.4 Å². The minimum Gasteiger partial charge on any atom is -0.465 e. The maximum Gasteiger partial charge on any atom is 0.327 e. The Hall–Kier alpha value is -1.37. The zero-order valence-corrected chi connectivity index (χ0v) is 12.5. The first kappa shape index (κ1) is 15.7. The summed E-state index contributed by atoms with van der Waals surface area (Å²) in [5.41, 5.74) is 0.984. The highest BCUT2D eigenvalue weighted by molar-refractivity contribution is 7.92. The minimum absolute atomic E-state index is 0.131. The molecule has 0 saturated carbocycles. The molecule has 0 aliphatic rings. The number of hydrogen-bond acceptors (Lipinski definition) is 5. The molecule has 0 amide bonds. The van der Waals surface area contributed by atoms with Gasteiger partial charge in [-0.15, -0.1) is 0 Å². The molecule has 0 aliphatic heterocycles. The second-order valence-electron chi connectivity index (χ2n) is 4.75. The smallest absolute Gasteiger partial charge is 0.327 e. The van der Waals surface area contributed by atoms with Crippen molar-refractivity contribution in [3.63, 3.8) is 0 Å². The molecular weight excluding hydrogens is 268 g/mol. The van der Waals surface area contributed by atoms with Gasteiger partial charge in [-0.25, -0.2) is 8.42 Å². The van der Waals surface area contributed by atoms with E-state index in [9.17, 15) is 13.2 Å². The van der Waals surface area contributed by atoms with Gasteiger partial charge in [0.15, 0.2) is 14.6 Å². The molecule has 0 spiro atoms. The summed E-state index contributed by atoms with van der Waals surface area (Å²) in [7, 11) is -3.56. The Morgan fingerprint density at radius 1 is 1.53 bits per heavy atom. The van der Waals surface area contributed by atoms with E-state index in [0.29, 0.717) is 6.54 Å². The molecule has 1 atom stereocenters.